The number of sulfonamides is 1. The zero-order valence-electron chi connectivity index (χ0n) is 10.2. The molecule has 2 heterocycles. The van der Waals surface area contributed by atoms with Crippen LogP contribution in [0, 0.1) is 0 Å². The van der Waals surface area contributed by atoms with E-state index in [9.17, 15) is 8.42 Å². The Morgan fingerprint density at radius 2 is 1.89 bits per heavy atom. The van der Waals surface area contributed by atoms with Crippen LogP contribution < -0.4 is 5.32 Å². The van der Waals surface area contributed by atoms with E-state index in [1.54, 1.807) is 18.2 Å². The van der Waals surface area contributed by atoms with E-state index in [0.717, 1.165) is 10.9 Å². The number of nitrogens with zero attached hydrogens (tertiary/aromatic N) is 1. The van der Waals surface area contributed by atoms with Gasteiger partial charge in [-0.3, -0.25) is 0 Å². The van der Waals surface area contributed by atoms with E-state index in [2.05, 4.69) is 10.3 Å². The summed E-state index contributed by atoms with van der Waals surface area (Å²) in [5, 5.41) is 4.80. The molecule has 0 radical (unpaired) electrons. The number of rotatable bonds is 2. The number of piperazine rings is 1. The van der Waals surface area contributed by atoms with Crippen molar-refractivity contribution in [2.75, 3.05) is 26.2 Å². The Bertz CT molecular complexity index is 705. The molecule has 0 bridgehead atoms. The van der Waals surface area contributed by atoms with E-state index in [1.807, 2.05) is 6.07 Å². The molecule has 102 valence electrons. The summed E-state index contributed by atoms with van der Waals surface area (Å²) in [5.74, 6) is 0. The molecule has 2 aromatic rings. The molecule has 0 unspecified atom stereocenters. The molecular weight excluding hydrogens is 286 g/mol. The molecule has 5 nitrogen and oxygen atoms in total. The van der Waals surface area contributed by atoms with Crippen molar-refractivity contribution < 1.29 is 8.42 Å². The second-order valence-corrected chi connectivity index (χ2v) is 6.86. The van der Waals surface area contributed by atoms with Crippen molar-refractivity contribution in [3.8, 4) is 0 Å². The van der Waals surface area contributed by atoms with E-state index in [-0.39, 0.29) is 5.03 Å². The SMILES string of the molecule is O=S(=O)(c1cc2ccc(Cl)cc2[nH]1)N1CCNCC1. The molecule has 7 heteroatoms. The first kappa shape index (κ1) is 12.9. The van der Waals surface area contributed by atoms with Gasteiger partial charge in [0.1, 0.15) is 5.03 Å². The number of hydrogen-bond donors (Lipinski definition) is 2. The summed E-state index contributed by atoms with van der Waals surface area (Å²) in [4.78, 5) is 2.94. The van der Waals surface area contributed by atoms with E-state index >= 15 is 0 Å². The Hall–Kier alpha value is -1.08. The predicted molar refractivity (Wildman–Crippen MR) is 74.9 cm³/mol. The average molecular weight is 300 g/mol. The minimum Gasteiger partial charge on any atom is -0.344 e. The Morgan fingerprint density at radius 1 is 1.16 bits per heavy atom. The number of fused-ring (bicyclic) bond motifs is 1. The van der Waals surface area contributed by atoms with Crippen LogP contribution in [0.15, 0.2) is 29.3 Å². The quantitative estimate of drug-likeness (QED) is 0.881. The van der Waals surface area contributed by atoms with Gasteiger partial charge in [0.15, 0.2) is 0 Å². The largest absolute Gasteiger partial charge is 0.344 e. The fourth-order valence-electron chi connectivity index (χ4n) is 2.24. The van der Waals surface area contributed by atoms with Gasteiger partial charge in [0.25, 0.3) is 10.0 Å². The maximum absolute atomic E-state index is 12.5. The van der Waals surface area contributed by atoms with Crippen molar-refractivity contribution in [1.29, 1.82) is 0 Å². The molecule has 19 heavy (non-hydrogen) atoms. The molecule has 0 amide bonds. The van der Waals surface area contributed by atoms with Crippen LogP contribution in [0.3, 0.4) is 0 Å². The van der Waals surface area contributed by atoms with Gasteiger partial charge < -0.3 is 10.3 Å². The molecule has 1 aliphatic heterocycles. The van der Waals surface area contributed by atoms with Crippen LogP contribution >= 0.6 is 11.6 Å². The summed E-state index contributed by atoms with van der Waals surface area (Å²) in [6.45, 7) is 2.37. The maximum atomic E-state index is 12.5. The molecule has 2 N–H and O–H groups in total. The first-order valence-electron chi connectivity index (χ1n) is 6.06. The number of H-pyrrole nitrogens is 1. The van der Waals surface area contributed by atoms with Gasteiger partial charge in [-0.05, 0) is 18.2 Å². The lowest BCUT2D eigenvalue weighted by Gasteiger charge is -2.25. The normalized spacial score (nSPS) is 17.9. The van der Waals surface area contributed by atoms with Gasteiger partial charge in [0.05, 0.1) is 0 Å². The van der Waals surface area contributed by atoms with E-state index in [4.69, 9.17) is 11.6 Å². The zero-order chi connectivity index (χ0) is 13.5. The summed E-state index contributed by atoms with van der Waals surface area (Å²) in [6, 6.07) is 6.95. The monoisotopic (exact) mass is 299 g/mol. The van der Waals surface area contributed by atoms with Crippen molar-refractivity contribution in [3.05, 3.63) is 29.3 Å². The second kappa shape index (κ2) is 4.79. The van der Waals surface area contributed by atoms with Gasteiger partial charge in [0.2, 0.25) is 0 Å². The zero-order valence-corrected chi connectivity index (χ0v) is 11.8. The van der Waals surface area contributed by atoms with Gasteiger partial charge in [-0.25, -0.2) is 8.42 Å². The third kappa shape index (κ3) is 2.36. The Balaban J connectivity index is 2.02. The highest BCUT2D eigenvalue weighted by Crippen LogP contribution is 2.24. The van der Waals surface area contributed by atoms with Crippen LogP contribution in [0.4, 0.5) is 0 Å². The van der Waals surface area contributed by atoms with Crippen molar-refractivity contribution in [3.63, 3.8) is 0 Å². The third-order valence-electron chi connectivity index (χ3n) is 3.25. The molecule has 0 aliphatic carbocycles. The third-order valence-corrected chi connectivity index (χ3v) is 5.31. The molecule has 0 saturated carbocycles. The summed E-state index contributed by atoms with van der Waals surface area (Å²) in [5.41, 5.74) is 0.737. The van der Waals surface area contributed by atoms with E-state index in [1.165, 1.54) is 4.31 Å². The van der Waals surface area contributed by atoms with Crippen molar-refractivity contribution in [2.45, 2.75) is 5.03 Å². The number of nitrogens with one attached hydrogen (secondary N) is 2. The predicted octanol–water partition coefficient (Wildman–Crippen LogP) is 1.42. The molecule has 1 saturated heterocycles. The first-order chi connectivity index (χ1) is 9.07. The highest BCUT2D eigenvalue weighted by Gasteiger charge is 2.27. The van der Waals surface area contributed by atoms with Gasteiger partial charge in [-0.2, -0.15) is 4.31 Å². The Morgan fingerprint density at radius 3 is 2.63 bits per heavy atom. The number of aromatic nitrogens is 1. The van der Waals surface area contributed by atoms with Crippen molar-refractivity contribution in [1.82, 2.24) is 14.6 Å². The van der Waals surface area contributed by atoms with Crippen LogP contribution in [-0.2, 0) is 10.0 Å². The highest BCUT2D eigenvalue weighted by molar-refractivity contribution is 7.89. The number of benzene rings is 1. The lowest BCUT2D eigenvalue weighted by atomic mass is 10.2. The van der Waals surface area contributed by atoms with Crippen LogP contribution in [0.5, 0.6) is 0 Å². The summed E-state index contributed by atoms with van der Waals surface area (Å²) in [6.07, 6.45) is 0. The van der Waals surface area contributed by atoms with Gasteiger partial charge in [-0.15, -0.1) is 0 Å². The fourth-order valence-corrected chi connectivity index (χ4v) is 3.86. The second-order valence-electron chi connectivity index (χ2n) is 4.52. The van der Waals surface area contributed by atoms with Crippen LogP contribution in [-0.4, -0.2) is 43.9 Å². The van der Waals surface area contributed by atoms with Gasteiger partial charge >= 0.3 is 0 Å². The molecule has 1 fully saturated rings. The fraction of sp³-hybridized carbons (Fsp3) is 0.333. The number of aromatic amines is 1. The van der Waals surface area contributed by atoms with Crippen LogP contribution in [0.1, 0.15) is 0 Å². The molecular formula is C12H14ClN3O2S. The van der Waals surface area contributed by atoms with Gasteiger partial charge in [0, 0.05) is 42.1 Å². The van der Waals surface area contributed by atoms with E-state index in [0.29, 0.717) is 31.2 Å². The lowest BCUT2D eigenvalue weighted by Crippen LogP contribution is -2.46. The molecule has 0 spiro atoms. The lowest BCUT2D eigenvalue weighted by molar-refractivity contribution is 0.359. The molecule has 0 atom stereocenters. The first-order valence-corrected chi connectivity index (χ1v) is 7.88. The van der Waals surface area contributed by atoms with E-state index < -0.39 is 10.0 Å². The Kier molecular flexibility index (Phi) is 3.26. The number of halogens is 1. The minimum atomic E-state index is -3.44. The molecule has 1 aromatic heterocycles. The molecule has 1 aromatic carbocycles. The molecule has 3 rings (SSSR count). The van der Waals surface area contributed by atoms with Crippen LogP contribution in [0.2, 0.25) is 5.02 Å². The topological polar surface area (TPSA) is 65.2 Å². The minimum absolute atomic E-state index is 0.228. The summed E-state index contributed by atoms with van der Waals surface area (Å²) < 4.78 is 26.4. The smallest absolute Gasteiger partial charge is 0.258 e. The van der Waals surface area contributed by atoms with Crippen molar-refractivity contribution >= 4 is 32.5 Å². The molecule has 1 aliphatic rings. The van der Waals surface area contributed by atoms with Crippen molar-refractivity contribution in [2.24, 2.45) is 0 Å². The van der Waals surface area contributed by atoms with Gasteiger partial charge in [-0.1, -0.05) is 17.7 Å². The Labute approximate surface area is 116 Å². The highest BCUT2D eigenvalue weighted by atomic mass is 35.5. The standard InChI is InChI=1S/C12H14ClN3O2S/c13-10-2-1-9-7-12(15-11(9)8-10)19(17,18)16-5-3-14-4-6-16/h1-2,7-8,14-15H,3-6H2. The van der Waals surface area contributed by atoms with Crippen LogP contribution in [0.25, 0.3) is 10.9 Å². The average Bonchev–Trinajstić information content (AvgIpc) is 2.83. The number of hydrogen-bond acceptors (Lipinski definition) is 3. The summed E-state index contributed by atoms with van der Waals surface area (Å²) >= 11 is 5.90. The summed E-state index contributed by atoms with van der Waals surface area (Å²) in [7, 11) is -3.44. The maximum Gasteiger partial charge on any atom is 0.258 e.